The van der Waals surface area contributed by atoms with E-state index in [4.69, 9.17) is 4.74 Å². The maximum atomic E-state index is 14.9. The zero-order valence-electron chi connectivity index (χ0n) is 24.8. The van der Waals surface area contributed by atoms with E-state index in [-0.39, 0.29) is 24.0 Å². The van der Waals surface area contributed by atoms with Gasteiger partial charge in [0.2, 0.25) is 11.8 Å². The van der Waals surface area contributed by atoms with Crippen molar-refractivity contribution in [2.24, 2.45) is 0 Å². The van der Waals surface area contributed by atoms with Crippen molar-refractivity contribution in [3.05, 3.63) is 143 Å². The molecule has 0 bridgehead atoms. The number of hydrogen-bond acceptors (Lipinski definition) is 4. The lowest BCUT2D eigenvalue weighted by atomic mass is 9.85. The third-order valence-electron chi connectivity index (χ3n) is 9.43. The van der Waals surface area contributed by atoms with Crippen LogP contribution in [-0.4, -0.2) is 46.4 Å². The van der Waals surface area contributed by atoms with Crippen LogP contribution in [0, 0.1) is 0 Å². The van der Waals surface area contributed by atoms with Crippen LogP contribution >= 0.6 is 0 Å². The molecule has 2 aliphatic rings. The topological polar surface area (TPSA) is 45.7 Å². The number of carbonyl (C=O) groups excluding carboxylic acids is 1. The number of ether oxygens (including phenoxy) is 1. The Morgan fingerprint density at radius 2 is 1.53 bits per heavy atom. The lowest BCUT2D eigenvalue weighted by Crippen LogP contribution is -2.53. The SMILES string of the molecule is COc1ncccc1CN(C(=O)C(C)N1CCc2ccccc2C1c1cccc2ccccc12)C1Cc2ccccc2C1. The molecular weight excluding hydrogens is 530 g/mol. The molecule has 1 aliphatic carbocycles. The Morgan fingerprint density at radius 1 is 0.860 bits per heavy atom. The molecular formula is C38H37N3O2. The zero-order chi connectivity index (χ0) is 29.3. The van der Waals surface area contributed by atoms with E-state index in [1.165, 1.54) is 38.6 Å². The third-order valence-corrected chi connectivity index (χ3v) is 9.43. The number of pyridine rings is 1. The fourth-order valence-corrected chi connectivity index (χ4v) is 7.27. The number of aromatic nitrogens is 1. The minimum atomic E-state index is -0.330. The van der Waals surface area contributed by atoms with E-state index in [9.17, 15) is 4.79 Å². The Kier molecular flexibility index (Phi) is 7.42. The van der Waals surface area contributed by atoms with E-state index in [0.29, 0.717) is 12.4 Å². The lowest BCUT2D eigenvalue weighted by Gasteiger charge is -2.43. The smallest absolute Gasteiger partial charge is 0.240 e. The first kappa shape index (κ1) is 27.4. The fourth-order valence-electron chi connectivity index (χ4n) is 7.27. The van der Waals surface area contributed by atoms with Crippen molar-refractivity contribution in [1.29, 1.82) is 0 Å². The summed E-state index contributed by atoms with van der Waals surface area (Å²) in [6, 6.07) is 36.2. The lowest BCUT2D eigenvalue weighted by molar-refractivity contribution is -0.140. The van der Waals surface area contributed by atoms with E-state index in [2.05, 4.69) is 113 Å². The third kappa shape index (κ3) is 5.08. The van der Waals surface area contributed by atoms with Gasteiger partial charge in [0.25, 0.3) is 0 Å². The minimum absolute atomic E-state index is 0.0226. The Morgan fingerprint density at radius 3 is 2.33 bits per heavy atom. The highest BCUT2D eigenvalue weighted by Crippen LogP contribution is 2.40. The van der Waals surface area contributed by atoms with Crippen LogP contribution in [0.2, 0.25) is 0 Å². The normalized spacial score (nSPS) is 17.3. The second-order valence-corrected chi connectivity index (χ2v) is 11.8. The predicted molar refractivity (Wildman–Crippen MR) is 171 cm³/mol. The van der Waals surface area contributed by atoms with Crippen LogP contribution in [0.25, 0.3) is 10.8 Å². The highest BCUT2D eigenvalue weighted by molar-refractivity contribution is 5.87. The molecule has 0 saturated carbocycles. The first-order valence-corrected chi connectivity index (χ1v) is 15.3. The summed E-state index contributed by atoms with van der Waals surface area (Å²) in [4.78, 5) is 23.8. The van der Waals surface area contributed by atoms with Crippen LogP contribution in [0.1, 0.15) is 46.3 Å². The second kappa shape index (κ2) is 11.7. The molecule has 2 atom stereocenters. The highest BCUT2D eigenvalue weighted by Gasteiger charge is 2.39. The molecule has 5 heteroatoms. The molecule has 5 nitrogen and oxygen atoms in total. The molecule has 0 saturated heterocycles. The molecule has 0 radical (unpaired) electrons. The molecule has 0 N–H and O–H groups in total. The molecule has 0 spiro atoms. The summed E-state index contributed by atoms with van der Waals surface area (Å²) < 4.78 is 5.62. The van der Waals surface area contributed by atoms with Crippen molar-refractivity contribution in [3.63, 3.8) is 0 Å². The van der Waals surface area contributed by atoms with Gasteiger partial charge >= 0.3 is 0 Å². The Labute approximate surface area is 253 Å². The van der Waals surface area contributed by atoms with Crippen LogP contribution in [0.5, 0.6) is 5.88 Å². The number of nitrogens with zero attached hydrogens (tertiary/aromatic N) is 3. The van der Waals surface area contributed by atoms with Gasteiger partial charge in [-0.05, 0) is 70.8 Å². The monoisotopic (exact) mass is 567 g/mol. The molecule has 7 rings (SSSR count). The Balaban J connectivity index is 1.28. The Hall–Kier alpha value is -4.48. The van der Waals surface area contributed by atoms with Crippen molar-refractivity contribution >= 4 is 16.7 Å². The van der Waals surface area contributed by atoms with Crippen LogP contribution in [0.3, 0.4) is 0 Å². The van der Waals surface area contributed by atoms with Gasteiger partial charge < -0.3 is 9.64 Å². The summed E-state index contributed by atoms with van der Waals surface area (Å²) in [6.07, 6.45) is 4.36. The number of fused-ring (bicyclic) bond motifs is 3. The molecule has 1 aromatic heterocycles. The molecule has 216 valence electrons. The molecule has 0 fully saturated rings. The van der Waals surface area contributed by atoms with Gasteiger partial charge in [0.1, 0.15) is 0 Å². The van der Waals surface area contributed by atoms with Gasteiger partial charge in [-0.25, -0.2) is 4.98 Å². The summed E-state index contributed by atoms with van der Waals surface area (Å²) in [6.45, 7) is 3.37. The molecule has 1 aliphatic heterocycles. The fraction of sp³-hybridized carbons (Fsp3) is 0.263. The maximum Gasteiger partial charge on any atom is 0.240 e. The molecule has 2 unspecified atom stereocenters. The van der Waals surface area contributed by atoms with Gasteiger partial charge in [-0.2, -0.15) is 0 Å². The van der Waals surface area contributed by atoms with E-state index >= 15 is 0 Å². The largest absolute Gasteiger partial charge is 0.481 e. The zero-order valence-corrected chi connectivity index (χ0v) is 24.8. The molecule has 2 heterocycles. The van der Waals surface area contributed by atoms with Crippen LogP contribution in [-0.2, 0) is 30.6 Å². The van der Waals surface area contributed by atoms with Gasteiger partial charge in [0.05, 0.1) is 25.7 Å². The van der Waals surface area contributed by atoms with Crippen molar-refractivity contribution in [2.75, 3.05) is 13.7 Å². The highest BCUT2D eigenvalue weighted by atomic mass is 16.5. The van der Waals surface area contributed by atoms with Crippen molar-refractivity contribution in [1.82, 2.24) is 14.8 Å². The van der Waals surface area contributed by atoms with Crippen LogP contribution in [0.15, 0.2) is 109 Å². The van der Waals surface area contributed by atoms with E-state index in [1.807, 2.05) is 12.1 Å². The van der Waals surface area contributed by atoms with Gasteiger partial charge in [-0.1, -0.05) is 97.1 Å². The first-order chi connectivity index (χ1) is 21.1. The van der Waals surface area contributed by atoms with Crippen LogP contribution < -0.4 is 4.74 Å². The van der Waals surface area contributed by atoms with Gasteiger partial charge in [0.15, 0.2) is 0 Å². The number of methoxy groups -OCH3 is 1. The molecule has 1 amide bonds. The number of rotatable bonds is 7. The summed E-state index contributed by atoms with van der Waals surface area (Å²) in [5.74, 6) is 0.720. The molecule has 43 heavy (non-hydrogen) atoms. The standard InChI is InChI=1S/C38H37N3O2/c1-26(38(42)41(25-31-16-10-21-39-37(31)43-2)32-23-29-13-3-4-14-30(29)24-32)40-22-20-28-12-6-8-18-34(28)36(40)35-19-9-15-27-11-5-7-17-33(27)35/h3-19,21,26,32,36H,20,22-25H2,1-2H3. The first-order valence-electron chi connectivity index (χ1n) is 15.3. The number of hydrogen-bond donors (Lipinski definition) is 0. The molecule has 4 aromatic carbocycles. The summed E-state index contributed by atoms with van der Waals surface area (Å²) in [5, 5.41) is 2.45. The summed E-state index contributed by atoms with van der Waals surface area (Å²) in [7, 11) is 1.64. The molecule has 5 aromatic rings. The van der Waals surface area contributed by atoms with E-state index in [0.717, 1.165) is 31.4 Å². The number of benzene rings is 4. The Bertz CT molecular complexity index is 1750. The van der Waals surface area contributed by atoms with Gasteiger partial charge in [0, 0.05) is 24.3 Å². The van der Waals surface area contributed by atoms with Gasteiger partial charge in [-0.15, -0.1) is 0 Å². The van der Waals surface area contributed by atoms with E-state index in [1.54, 1.807) is 13.3 Å². The summed E-state index contributed by atoms with van der Waals surface area (Å²) in [5.41, 5.74) is 7.49. The van der Waals surface area contributed by atoms with Crippen molar-refractivity contribution < 1.29 is 9.53 Å². The minimum Gasteiger partial charge on any atom is -0.481 e. The quantitative estimate of drug-likeness (QED) is 0.218. The van der Waals surface area contributed by atoms with Crippen molar-refractivity contribution in [3.8, 4) is 5.88 Å². The van der Waals surface area contributed by atoms with Gasteiger partial charge in [-0.3, -0.25) is 9.69 Å². The summed E-state index contributed by atoms with van der Waals surface area (Å²) >= 11 is 0. The van der Waals surface area contributed by atoms with Crippen molar-refractivity contribution in [2.45, 2.75) is 50.9 Å². The second-order valence-electron chi connectivity index (χ2n) is 11.8. The van der Waals surface area contributed by atoms with E-state index < -0.39 is 0 Å². The number of carbonyl (C=O) groups is 1. The predicted octanol–water partition coefficient (Wildman–Crippen LogP) is 6.78. The average molecular weight is 568 g/mol. The maximum absolute atomic E-state index is 14.9. The number of amides is 1. The van der Waals surface area contributed by atoms with Crippen LogP contribution in [0.4, 0.5) is 0 Å². The average Bonchev–Trinajstić information content (AvgIpc) is 3.50.